The first kappa shape index (κ1) is 13.9. The van der Waals surface area contributed by atoms with Crippen molar-refractivity contribution in [1.29, 1.82) is 0 Å². The molecule has 0 heterocycles. The van der Waals surface area contributed by atoms with E-state index in [2.05, 4.69) is 17.1 Å². The first-order valence-corrected chi connectivity index (χ1v) is 6.90. The SMILES string of the molecule is CCN(C)c1cccc(NC(=O)C2(O)CCCC2)c1. The van der Waals surface area contributed by atoms with Crippen LogP contribution in [0, 0.1) is 0 Å². The van der Waals surface area contributed by atoms with Crippen molar-refractivity contribution in [3.8, 4) is 0 Å². The van der Waals surface area contributed by atoms with Crippen LogP contribution in [0.3, 0.4) is 0 Å². The van der Waals surface area contributed by atoms with Gasteiger partial charge in [0.25, 0.3) is 5.91 Å². The number of aliphatic hydroxyl groups is 1. The summed E-state index contributed by atoms with van der Waals surface area (Å²) in [4.78, 5) is 14.2. The summed E-state index contributed by atoms with van der Waals surface area (Å²) in [6.07, 6.45) is 2.96. The lowest BCUT2D eigenvalue weighted by molar-refractivity contribution is -0.133. The number of hydrogen-bond acceptors (Lipinski definition) is 3. The molecule has 2 N–H and O–H groups in total. The van der Waals surface area contributed by atoms with Gasteiger partial charge < -0.3 is 15.3 Å². The van der Waals surface area contributed by atoms with Crippen molar-refractivity contribution in [2.45, 2.75) is 38.2 Å². The van der Waals surface area contributed by atoms with Gasteiger partial charge in [-0.1, -0.05) is 6.07 Å². The highest BCUT2D eigenvalue weighted by Gasteiger charge is 2.38. The molecule has 1 fully saturated rings. The predicted octanol–water partition coefficient (Wildman–Crippen LogP) is 2.39. The molecule has 0 aromatic heterocycles. The number of amides is 1. The Morgan fingerprint density at radius 2 is 2.11 bits per heavy atom. The Hall–Kier alpha value is -1.55. The van der Waals surface area contributed by atoms with Crippen LogP contribution in [-0.4, -0.2) is 30.2 Å². The highest BCUT2D eigenvalue weighted by Crippen LogP contribution is 2.31. The molecule has 0 atom stereocenters. The molecule has 1 aliphatic rings. The van der Waals surface area contributed by atoms with E-state index in [0.29, 0.717) is 12.8 Å². The molecule has 0 unspecified atom stereocenters. The second-order valence-electron chi connectivity index (χ2n) is 5.26. The molecule has 1 aromatic rings. The molecule has 1 saturated carbocycles. The molecule has 0 aliphatic heterocycles. The molecule has 2 rings (SSSR count). The lowest BCUT2D eigenvalue weighted by atomic mass is 10.0. The van der Waals surface area contributed by atoms with Crippen LogP contribution >= 0.6 is 0 Å². The minimum Gasteiger partial charge on any atom is -0.380 e. The number of anilines is 2. The van der Waals surface area contributed by atoms with Crippen LogP contribution in [0.15, 0.2) is 24.3 Å². The molecular formula is C15H22N2O2. The summed E-state index contributed by atoms with van der Waals surface area (Å²) >= 11 is 0. The summed E-state index contributed by atoms with van der Waals surface area (Å²) in [7, 11) is 2.01. The van der Waals surface area contributed by atoms with Crippen molar-refractivity contribution in [3.63, 3.8) is 0 Å². The molecule has 4 nitrogen and oxygen atoms in total. The molecule has 1 amide bonds. The standard InChI is InChI=1S/C15H22N2O2/c1-3-17(2)13-8-6-7-12(11-13)16-14(18)15(19)9-4-5-10-15/h6-8,11,19H,3-5,9-10H2,1-2H3,(H,16,18). The van der Waals surface area contributed by atoms with Gasteiger partial charge in [-0.05, 0) is 50.8 Å². The number of carbonyl (C=O) groups is 1. The van der Waals surface area contributed by atoms with Crippen molar-refractivity contribution in [1.82, 2.24) is 0 Å². The van der Waals surface area contributed by atoms with E-state index in [4.69, 9.17) is 0 Å². The minimum atomic E-state index is -1.17. The van der Waals surface area contributed by atoms with E-state index in [-0.39, 0.29) is 5.91 Å². The van der Waals surface area contributed by atoms with Gasteiger partial charge in [-0.15, -0.1) is 0 Å². The van der Waals surface area contributed by atoms with E-state index in [0.717, 1.165) is 30.8 Å². The van der Waals surface area contributed by atoms with Gasteiger partial charge in [0.15, 0.2) is 0 Å². The van der Waals surface area contributed by atoms with Gasteiger partial charge in [-0.2, -0.15) is 0 Å². The molecule has 4 heteroatoms. The van der Waals surface area contributed by atoms with Crippen LogP contribution in [-0.2, 0) is 4.79 Å². The van der Waals surface area contributed by atoms with Crippen molar-refractivity contribution in [3.05, 3.63) is 24.3 Å². The smallest absolute Gasteiger partial charge is 0.256 e. The molecule has 1 aromatic carbocycles. The van der Waals surface area contributed by atoms with Gasteiger partial charge >= 0.3 is 0 Å². The first-order chi connectivity index (χ1) is 9.05. The number of carbonyl (C=O) groups excluding carboxylic acids is 1. The number of benzene rings is 1. The lowest BCUT2D eigenvalue weighted by Crippen LogP contribution is -2.40. The van der Waals surface area contributed by atoms with Crippen molar-refractivity contribution in [2.24, 2.45) is 0 Å². The maximum absolute atomic E-state index is 12.1. The third-order valence-corrected chi connectivity index (χ3v) is 3.87. The first-order valence-electron chi connectivity index (χ1n) is 6.90. The Kier molecular flexibility index (Phi) is 4.10. The lowest BCUT2D eigenvalue weighted by Gasteiger charge is -2.22. The molecular weight excluding hydrogens is 240 g/mol. The van der Waals surface area contributed by atoms with E-state index < -0.39 is 5.60 Å². The van der Waals surface area contributed by atoms with Crippen LogP contribution in [0.4, 0.5) is 11.4 Å². The summed E-state index contributed by atoms with van der Waals surface area (Å²) in [5.74, 6) is -0.277. The third kappa shape index (κ3) is 3.07. The minimum absolute atomic E-state index is 0.277. The summed E-state index contributed by atoms with van der Waals surface area (Å²) in [5.41, 5.74) is 0.619. The Bertz CT molecular complexity index is 453. The van der Waals surface area contributed by atoms with Crippen LogP contribution in [0.5, 0.6) is 0 Å². The molecule has 0 bridgehead atoms. The molecule has 0 saturated heterocycles. The zero-order valence-corrected chi connectivity index (χ0v) is 11.6. The van der Waals surface area contributed by atoms with Gasteiger partial charge in [-0.25, -0.2) is 0 Å². The second-order valence-corrected chi connectivity index (χ2v) is 5.26. The van der Waals surface area contributed by atoms with Gasteiger partial charge in [0.2, 0.25) is 0 Å². The molecule has 19 heavy (non-hydrogen) atoms. The molecule has 0 spiro atoms. The molecule has 0 radical (unpaired) electrons. The number of nitrogens with one attached hydrogen (secondary N) is 1. The number of nitrogens with zero attached hydrogens (tertiary/aromatic N) is 1. The highest BCUT2D eigenvalue weighted by molar-refractivity contribution is 5.97. The fraction of sp³-hybridized carbons (Fsp3) is 0.533. The van der Waals surface area contributed by atoms with Gasteiger partial charge in [0.1, 0.15) is 5.60 Å². The van der Waals surface area contributed by atoms with Crippen LogP contribution in [0.1, 0.15) is 32.6 Å². The van der Waals surface area contributed by atoms with Gasteiger partial charge in [-0.3, -0.25) is 4.79 Å². The highest BCUT2D eigenvalue weighted by atomic mass is 16.3. The second kappa shape index (κ2) is 5.61. The summed E-state index contributed by atoms with van der Waals surface area (Å²) in [6.45, 7) is 2.98. The fourth-order valence-electron chi connectivity index (χ4n) is 2.44. The van der Waals surface area contributed by atoms with E-state index >= 15 is 0 Å². The Balaban J connectivity index is 2.08. The van der Waals surface area contributed by atoms with Crippen molar-refractivity contribution in [2.75, 3.05) is 23.8 Å². The zero-order valence-electron chi connectivity index (χ0n) is 11.6. The number of hydrogen-bond donors (Lipinski definition) is 2. The van der Waals surface area contributed by atoms with Gasteiger partial charge in [0, 0.05) is 25.0 Å². The van der Waals surface area contributed by atoms with E-state index in [1.165, 1.54) is 0 Å². The summed E-state index contributed by atoms with van der Waals surface area (Å²) in [6, 6.07) is 7.70. The Morgan fingerprint density at radius 3 is 2.74 bits per heavy atom. The Labute approximate surface area is 114 Å². The Morgan fingerprint density at radius 1 is 1.42 bits per heavy atom. The van der Waals surface area contributed by atoms with Crippen molar-refractivity contribution < 1.29 is 9.90 Å². The van der Waals surface area contributed by atoms with Crippen LogP contribution in [0.25, 0.3) is 0 Å². The predicted molar refractivity (Wildman–Crippen MR) is 77.4 cm³/mol. The maximum atomic E-state index is 12.1. The quantitative estimate of drug-likeness (QED) is 0.876. The van der Waals surface area contributed by atoms with E-state index in [9.17, 15) is 9.90 Å². The zero-order chi connectivity index (χ0) is 13.9. The average Bonchev–Trinajstić information content (AvgIpc) is 2.86. The third-order valence-electron chi connectivity index (χ3n) is 3.87. The topological polar surface area (TPSA) is 52.6 Å². The van der Waals surface area contributed by atoms with Crippen LogP contribution in [0.2, 0.25) is 0 Å². The van der Waals surface area contributed by atoms with E-state index in [1.54, 1.807) is 0 Å². The maximum Gasteiger partial charge on any atom is 0.256 e. The van der Waals surface area contributed by atoms with Crippen LogP contribution < -0.4 is 10.2 Å². The number of rotatable bonds is 4. The van der Waals surface area contributed by atoms with E-state index in [1.807, 2.05) is 31.3 Å². The molecule has 1 aliphatic carbocycles. The molecule has 104 valence electrons. The summed E-state index contributed by atoms with van der Waals surface area (Å²) < 4.78 is 0. The normalized spacial score (nSPS) is 17.2. The van der Waals surface area contributed by atoms with Crippen molar-refractivity contribution >= 4 is 17.3 Å². The monoisotopic (exact) mass is 262 g/mol. The summed E-state index contributed by atoms with van der Waals surface area (Å²) in [5, 5.41) is 13.1. The average molecular weight is 262 g/mol. The van der Waals surface area contributed by atoms with Gasteiger partial charge in [0.05, 0.1) is 0 Å². The fourth-order valence-corrected chi connectivity index (χ4v) is 2.44. The largest absolute Gasteiger partial charge is 0.380 e.